The highest BCUT2D eigenvalue weighted by Gasteiger charge is 2.48. The van der Waals surface area contributed by atoms with Crippen LogP contribution in [0.3, 0.4) is 0 Å². The Balaban J connectivity index is 1.77. The number of rotatable bonds is 3. The molecule has 0 radical (unpaired) electrons. The molecule has 2 aromatic rings. The highest BCUT2D eigenvalue weighted by Crippen LogP contribution is 2.40. The number of benzene rings is 2. The van der Waals surface area contributed by atoms with Gasteiger partial charge in [0.05, 0.1) is 6.04 Å². The van der Waals surface area contributed by atoms with E-state index < -0.39 is 0 Å². The SMILES string of the molecule is O=C1O[C@H](C(c2ccccc2)c2ccccc2)[C@@H]2CCCN12. The summed E-state index contributed by atoms with van der Waals surface area (Å²) in [7, 11) is 0. The van der Waals surface area contributed by atoms with Crippen molar-refractivity contribution in [3.05, 3.63) is 71.8 Å². The van der Waals surface area contributed by atoms with Crippen LogP contribution in [-0.2, 0) is 4.74 Å². The van der Waals surface area contributed by atoms with E-state index in [-0.39, 0.29) is 24.2 Å². The van der Waals surface area contributed by atoms with Crippen molar-refractivity contribution in [1.29, 1.82) is 0 Å². The van der Waals surface area contributed by atoms with Gasteiger partial charge >= 0.3 is 6.09 Å². The number of hydrogen-bond donors (Lipinski definition) is 0. The summed E-state index contributed by atoms with van der Waals surface area (Å²) in [5.41, 5.74) is 2.42. The van der Waals surface area contributed by atoms with Crippen LogP contribution in [-0.4, -0.2) is 29.7 Å². The standard InChI is InChI=1S/C19H19NO2/c21-19-20-13-7-12-16(20)18(22-19)17(14-8-3-1-4-9-14)15-10-5-2-6-11-15/h1-6,8-11,16-18H,7,12-13H2/t16-,18-/m0/s1. The van der Waals surface area contributed by atoms with Crippen LogP contribution in [0.1, 0.15) is 29.9 Å². The van der Waals surface area contributed by atoms with Gasteiger partial charge in [0.15, 0.2) is 0 Å². The van der Waals surface area contributed by atoms with Gasteiger partial charge in [-0.2, -0.15) is 0 Å². The lowest BCUT2D eigenvalue weighted by Crippen LogP contribution is -2.34. The molecule has 3 heteroatoms. The lowest BCUT2D eigenvalue weighted by Gasteiger charge is -2.27. The van der Waals surface area contributed by atoms with Gasteiger partial charge < -0.3 is 9.64 Å². The molecule has 2 atom stereocenters. The van der Waals surface area contributed by atoms with E-state index in [4.69, 9.17) is 4.74 Å². The summed E-state index contributed by atoms with van der Waals surface area (Å²) in [5, 5.41) is 0. The summed E-state index contributed by atoms with van der Waals surface area (Å²) < 4.78 is 5.79. The fourth-order valence-corrected chi connectivity index (χ4v) is 3.81. The Kier molecular flexibility index (Phi) is 3.34. The van der Waals surface area contributed by atoms with Crippen molar-refractivity contribution >= 4 is 6.09 Å². The minimum absolute atomic E-state index is 0.0967. The number of fused-ring (bicyclic) bond motifs is 1. The van der Waals surface area contributed by atoms with E-state index in [1.165, 1.54) is 11.1 Å². The third-order valence-electron chi connectivity index (χ3n) is 4.80. The molecule has 0 spiro atoms. The fraction of sp³-hybridized carbons (Fsp3) is 0.316. The molecule has 3 nitrogen and oxygen atoms in total. The molecule has 22 heavy (non-hydrogen) atoms. The summed E-state index contributed by atoms with van der Waals surface area (Å²) in [5.74, 6) is 0.0967. The lowest BCUT2D eigenvalue weighted by atomic mass is 9.83. The Morgan fingerprint density at radius 3 is 2.14 bits per heavy atom. The molecule has 2 aliphatic rings. The van der Waals surface area contributed by atoms with E-state index in [0.717, 1.165) is 19.4 Å². The normalized spacial score (nSPS) is 23.7. The van der Waals surface area contributed by atoms with E-state index in [2.05, 4.69) is 48.5 Å². The van der Waals surface area contributed by atoms with Crippen molar-refractivity contribution in [3.8, 4) is 0 Å². The molecule has 2 saturated heterocycles. The van der Waals surface area contributed by atoms with Crippen LogP contribution in [0.25, 0.3) is 0 Å². The Bertz CT molecular complexity index is 616. The number of cyclic esters (lactones) is 1. The average molecular weight is 293 g/mol. The molecule has 2 aliphatic heterocycles. The molecule has 2 heterocycles. The molecule has 0 aromatic heterocycles. The van der Waals surface area contributed by atoms with Gasteiger partial charge in [-0.05, 0) is 24.0 Å². The maximum absolute atomic E-state index is 12.1. The second-order valence-electron chi connectivity index (χ2n) is 6.05. The highest BCUT2D eigenvalue weighted by atomic mass is 16.6. The van der Waals surface area contributed by atoms with Crippen LogP contribution in [0, 0.1) is 0 Å². The Morgan fingerprint density at radius 1 is 0.955 bits per heavy atom. The van der Waals surface area contributed by atoms with Crippen LogP contribution in [0.4, 0.5) is 4.79 Å². The monoisotopic (exact) mass is 293 g/mol. The van der Waals surface area contributed by atoms with E-state index in [1.807, 2.05) is 17.0 Å². The number of amides is 1. The van der Waals surface area contributed by atoms with Gasteiger partial charge in [-0.25, -0.2) is 4.79 Å². The quantitative estimate of drug-likeness (QED) is 0.861. The number of hydrogen-bond acceptors (Lipinski definition) is 2. The van der Waals surface area contributed by atoms with Crippen LogP contribution in [0.2, 0.25) is 0 Å². The molecule has 0 aliphatic carbocycles. The van der Waals surface area contributed by atoms with Gasteiger partial charge in [0.2, 0.25) is 0 Å². The smallest absolute Gasteiger partial charge is 0.410 e. The molecular formula is C19H19NO2. The van der Waals surface area contributed by atoms with E-state index in [0.29, 0.717) is 0 Å². The van der Waals surface area contributed by atoms with E-state index >= 15 is 0 Å². The van der Waals surface area contributed by atoms with Gasteiger partial charge in [-0.3, -0.25) is 0 Å². The maximum Gasteiger partial charge on any atom is 0.410 e. The van der Waals surface area contributed by atoms with Gasteiger partial charge in [0.25, 0.3) is 0 Å². The molecule has 0 N–H and O–H groups in total. The summed E-state index contributed by atoms with van der Waals surface area (Å²) in [4.78, 5) is 14.0. The van der Waals surface area contributed by atoms with Crippen LogP contribution >= 0.6 is 0 Å². The predicted octanol–water partition coefficient (Wildman–Crippen LogP) is 3.80. The Hall–Kier alpha value is -2.29. The highest BCUT2D eigenvalue weighted by molar-refractivity contribution is 5.71. The first kappa shape index (κ1) is 13.4. The van der Waals surface area contributed by atoms with Gasteiger partial charge in [-0.15, -0.1) is 0 Å². The second-order valence-corrected chi connectivity index (χ2v) is 6.05. The third kappa shape index (κ3) is 2.17. The number of carbonyl (C=O) groups excluding carboxylic acids is 1. The number of ether oxygens (including phenoxy) is 1. The first-order valence-corrected chi connectivity index (χ1v) is 7.92. The molecule has 4 rings (SSSR count). The molecular weight excluding hydrogens is 274 g/mol. The van der Waals surface area contributed by atoms with Crippen molar-refractivity contribution < 1.29 is 9.53 Å². The topological polar surface area (TPSA) is 29.5 Å². The van der Waals surface area contributed by atoms with E-state index in [1.54, 1.807) is 0 Å². The fourth-order valence-electron chi connectivity index (χ4n) is 3.81. The first-order valence-electron chi connectivity index (χ1n) is 7.92. The Labute approximate surface area is 130 Å². The zero-order valence-electron chi connectivity index (χ0n) is 12.4. The van der Waals surface area contributed by atoms with Crippen LogP contribution in [0.15, 0.2) is 60.7 Å². The molecule has 112 valence electrons. The summed E-state index contributed by atoms with van der Waals surface area (Å²) in [6.07, 6.45) is 1.86. The number of carbonyl (C=O) groups is 1. The Morgan fingerprint density at radius 2 is 1.55 bits per heavy atom. The van der Waals surface area contributed by atoms with Gasteiger partial charge in [0, 0.05) is 12.5 Å². The third-order valence-corrected chi connectivity index (χ3v) is 4.80. The zero-order valence-corrected chi connectivity index (χ0v) is 12.4. The predicted molar refractivity (Wildman–Crippen MR) is 84.7 cm³/mol. The molecule has 2 fully saturated rings. The molecule has 1 amide bonds. The van der Waals surface area contributed by atoms with Gasteiger partial charge in [0.1, 0.15) is 6.10 Å². The summed E-state index contributed by atoms with van der Waals surface area (Å²) in [6.45, 7) is 0.830. The minimum atomic E-state index is -0.149. The molecule has 0 unspecified atom stereocenters. The first-order chi connectivity index (χ1) is 10.8. The number of nitrogens with zero attached hydrogens (tertiary/aromatic N) is 1. The van der Waals surface area contributed by atoms with Crippen molar-refractivity contribution in [3.63, 3.8) is 0 Å². The summed E-state index contributed by atoms with van der Waals surface area (Å²) >= 11 is 0. The molecule has 0 saturated carbocycles. The average Bonchev–Trinajstić information content (AvgIpc) is 3.15. The van der Waals surface area contributed by atoms with Gasteiger partial charge in [-0.1, -0.05) is 60.7 Å². The zero-order chi connectivity index (χ0) is 14.9. The summed E-state index contributed by atoms with van der Waals surface area (Å²) in [6, 6.07) is 21.0. The van der Waals surface area contributed by atoms with Crippen molar-refractivity contribution in [1.82, 2.24) is 4.90 Å². The maximum atomic E-state index is 12.1. The minimum Gasteiger partial charge on any atom is -0.443 e. The van der Waals surface area contributed by atoms with Crippen molar-refractivity contribution in [2.45, 2.75) is 30.9 Å². The van der Waals surface area contributed by atoms with Crippen molar-refractivity contribution in [2.24, 2.45) is 0 Å². The lowest BCUT2D eigenvalue weighted by molar-refractivity contribution is 0.118. The molecule has 2 aromatic carbocycles. The van der Waals surface area contributed by atoms with Crippen LogP contribution < -0.4 is 0 Å². The molecule has 0 bridgehead atoms. The van der Waals surface area contributed by atoms with E-state index in [9.17, 15) is 4.79 Å². The van der Waals surface area contributed by atoms with Crippen LogP contribution in [0.5, 0.6) is 0 Å². The van der Waals surface area contributed by atoms with Crippen molar-refractivity contribution in [2.75, 3.05) is 6.54 Å². The largest absolute Gasteiger partial charge is 0.443 e. The second kappa shape index (κ2) is 5.48.